The fourth-order valence-electron chi connectivity index (χ4n) is 2.99. The van der Waals surface area contributed by atoms with Crippen LogP contribution < -0.4 is 0 Å². The summed E-state index contributed by atoms with van der Waals surface area (Å²) in [5.41, 5.74) is 4.81. The van der Waals surface area contributed by atoms with Crippen molar-refractivity contribution in [2.75, 3.05) is 0 Å². The third kappa shape index (κ3) is 3.77. The summed E-state index contributed by atoms with van der Waals surface area (Å²) in [6.07, 6.45) is 2.87. The minimum atomic E-state index is -0.853. The van der Waals surface area contributed by atoms with E-state index in [0.717, 1.165) is 28.8 Å². The quantitative estimate of drug-likeness (QED) is 0.387. The van der Waals surface area contributed by atoms with Gasteiger partial charge in [-0.05, 0) is 65.2 Å². The van der Waals surface area contributed by atoms with Gasteiger partial charge in [0.2, 0.25) is 0 Å². The molecule has 0 radical (unpaired) electrons. The van der Waals surface area contributed by atoms with Gasteiger partial charge in [-0.3, -0.25) is 4.98 Å². The maximum Gasteiger partial charge on any atom is 0.159 e. The molecule has 4 rings (SSSR count). The first kappa shape index (κ1) is 17.9. The molecule has 0 N–H and O–H groups in total. The molecule has 0 amide bonds. The van der Waals surface area contributed by atoms with Gasteiger partial charge in [0.05, 0.1) is 5.69 Å². The van der Waals surface area contributed by atoms with E-state index in [4.69, 9.17) is 0 Å². The van der Waals surface area contributed by atoms with E-state index in [2.05, 4.69) is 29.8 Å². The van der Waals surface area contributed by atoms with E-state index in [0.29, 0.717) is 10.8 Å². The molecule has 0 aliphatic rings. The summed E-state index contributed by atoms with van der Waals surface area (Å²) in [5.74, 6) is 4.49. The number of aryl methyl sites for hydroxylation is 1. The molecular weight excluding hydrogens is 352 g/mol. The van der Waals surface area contributed by atoms with Gasteiger partial charge in [0.1, 0.15) is 0 Å². The Balaban J connectivity index is 1.57. The number of halogens is 2. The number of hydrogen-bond acceptors (Lipinski definition) is 1. The Bertz CT molecular complexity index is 1200. The number of pyridine rings is 1. The van der Waals surface area contributed by atoms with Gasteiger partial charge in [0.15, 0.2) is 11.6 Å². The van der Waals surface area contributed by atoms with Crippen LogP contribution in [0.1, 0.15) is 23.6 Å². The van der Waals surface area contributed by atoms with Crippen LogP contribution in [0.5, 0.6) is 0 Å². The summed E-state index contributed by atoms with van der Waals surface area (Å²) in [4.78, 5) is 4.49. The molecule has 136 valence electrons. The van der Waals surface area contributed by atoms with Gasteiger partial charge in [0, 0.05) is 22.9 Å². The Morgan fingerprint density at radius 2 is 1.43 bits per heavy atom. The highest BCUT2D eigenvalue weighted by Crippen LogP contribution is 2.20. The molecule has 4 aromatic rings. The maximum atomic E-state index is 13.4. The molecule has 0 aliphatic carbocycles. The topological polar surface area (TPSA) is 12.9 Å². The lowest BCUT2D eigenvalue weighted by atomic mass is 10.1. The average molecular weight is 369 g/mol. The Hall–Kier alpha value is -3.51. The van der Waals surface area contributed by atoms with Crippen LogP contribution in [0.25, 0.3) is 22.0 Å². The Morgan fingerprint density at radius 3 is 2.11 bits per heavy atom. The summed E-state index contributed by atoms with van der Waals surface area (Å²) < 4.78 is 26.7. The molecule has 1 aromatic heterocycles. The van der Waals surface area contributed by atoms with Crippen molar-refractivity contribution in [2.24, 2.45) is 0 Å². The minimum absolute atomic E-state index is 0.627. The minimum Gasteiger partial charge on any atom is -0.256 e. The number of aromatic nitrogens is 1. The first-order chi connectivity index (χ1) is 13.6. The lowest BCUT2D eigenvalue weighted by molar-refractivity contribution is 0.511. The molecule has 0 saturated heterocycles. The van der Waals surface area contributed by atoms with E-state index in [1.807, 2.05) is 36.5 Å². The summed E-state index contributed by atoms with van der Waals surface area (Å²) in [6.45, 7) is 2.11. The Kier molecular flexibility index (Phi) is 4.87. The second-order valence-corrected chi connectivity index (χ2v) is 6.56. The smallest absolute Gasteiger partial charge is 0.159 e. The van der Waals surface area contributed by atoms with Gasteiger partial charge in [0.25, 0.3) is 0 Å². The van der Waals surface area contributed by atoms with Crippen LogP contribution in [-0.2, 0) is 6.42 Å². The van der Waals surface area contributed by atoms with Crippen LogP contribution in [0.15, 0.2) is 72.9 Å². The van der Waals surface area contributed by atoms with Crippen molar-refractivity contribution in [3.63, 3.8) is 0 Å². The third-order valence-electron chi connectivity index (χ3n) is 4.64. The number of benzene rings is 3. The van der Waals surface area contributed by atoms with Crippen molar-refractivity contribution in [3.8, 4) is 23.1 Å². The highest BCUT2D eigenvalue weighted by Gasteiger charge is 2.04. The van der Waals surface area contributed by atoms with Crippen LogP contribution in [-0.4, -0.2) is 4.98 Å². The second-order valence-electron chi connectivity index (χ2n) is 6.56. The fourth-order valence-corrected chi connectivity index (χ4v) is 2.99. The van der Waals surface area contributed by atoms with E-state index in [1.54, 1.807) is 18.2 Å². The van der Waals surface area contributed by atoms with Crippen molar-refractivity contribution in [2.45, 2.75) is 13.3 Å². The zero-order valence-corrected chi connectivity index (χ0v) is 15.3. The third-order valence-corrected chi connectivity index (χ3v) is 4.64. The first-order valence-electron chi connectivity index (χ1n) is 9.08. The molecule has 0 aliphatic heterocycles. The molecule has 3 heteroatoms. The van der Waals surface area contributed by atoms with Crippen LogP contribution >= 0.6 is 0 Å². The number of fused-ring (bicyclic) bond motifs is 1. The summed E-state index contributed by atoms with van der Waals surface area (Å²) in [7, 11) is 0. The zero-order valence-electron chi connectivity index (χ0n) is 15.3. The summed E-state index contributed by atoms with van der Waals surface area (Å²) in [6, 6.07) is 19.7. The van der Waals surface area contributed by atoms with Crippen LogP contribution in [0, 0.1) is 23.5 Å². The van der Waals surface area contributed by atoms with Crippen LogP contribution in [0.2, 0.25) is 0 Å². The first-order valence-corrected chi connectivity index (χ1v) is 9.08. The van der Waals surface area contributed by atoms with Gasteiger partial charge in [-0.15, -0.1) is 0 Å². The molecule has 1 nitrogen and oxygen atoms in total. The van der Waals surface area contributed by atoms with E-state index in [1.165, 1.54) is 17.7 Å². The molecule has 0 fully saturated rings. The molecule has 0 saturated carbocycles. The normalized spacial score (nSPS) is 10.5. The molecule has 0 bridgehead atoms. The Labute approximate surface area is 162 Å². The standard InChI is InChI=1S/C25H17F2N/c1-2-17-8-12-25(28-16-17)20-9-5-18(6-10-20)3-4-19-7-11-21-14-23(26)24(27)15-22(21)13-19/h5-16H,2H2,1H3. The second kappa shape index (κ2) is 7.62. The van der Waals surface area contributed by atoms with Crippen LogP contribution in [0.3, 0.4) is 0 Å². The van der Waals surface area contributed by atoms with Crippen molar-refractivity contribution >= 4 is 10.8 Å². The van der Waals surface area contributed by atoms with E-state index in [-0.39, 0.29) is 0 Å². The highest BCUT2D eigenvalue weighted by molar-refractivity contribution is 5.84. The molecule has 1 heterocycles. The number of hydrogen-bond donors (Lipinski definition) is 0. The predicted molar refractivity (Wildman–Crippen MR) is 109 cm³/mol. The summed E-state index contributed by atoms with van der Waals surface area (Å²) in [5, 5.41) is 1.28. The van der Waals surface area contributed by atoms with Gasteiger partial charge in [-0.2, -0.15) is 0 Å². The van der Waals surface area contributed by atoms with E-state index in [9.17, 15) is 8.78 Å². The molecule has 3 aromatic carbocycles. The Morgan fingerprint density at radius 1 is 0.750 bits per heavy atom. The van der Waals surface area contributed by atoms with E-state index >= 15 is 0 Å². The zero-order chi connectivity index (χ0) is 19.5. The largest absolute Gasteiger partial charge is 0.256 e. The fraction of sp³-hybridized carbons (Fsp3) is 0.0800. The van der Waals surface area contributed by atoms with Gasteiger partial charge in [-0.25, -0.2) is 8.78 Å². The molecule has 0 unspecified atom stereocenters. The van der Waals surface area contributed by atoms with Gasteiger partial charge < -0.3 is 0 Å². The monoisotopic (exact) mass is 369 g/mol. The maximum absolute atomic E-state index is 13.4. The van der Waals surface area contributed by atoms with Gasteiger partial charge >= 0.3 is 0 Å². The molecule has 0 spiro atoms. The van der Waals surface area contributed by atoms with E-state index < -0.39 is 11.6 Å². The van der Waals surface area contributed by atoms with Crippen molar-refractivity contribution in [1.29, 1.82) is 0 Å². The lowest BCUT2D eigenvalue weighted by Gasteiger charge is -2.02. The van der Waals surface area contributed by atoms with Gasteiger partial charge in [-0.1, -0.05) is 43.0 Å². The number of nitrogens with zero attached hydrogens (tertiary/aromatic N) is 1. The summed E-state index contributed by atoms with van der Waals surface area (Å²) >= 11 is 0. The van der Waals surface area contributed by atoms with Crippen molar-refractivity contribution in [1.82, 2.24) is 4.98 Å². The predicted octanol–water partition coefficient (Wildman–Crippen LogP) is 6.14. The lowest BCUT2D eigenvalue weighted by Crippen LogP contribution is -1.87. The van der Waals surface area contributed by atoms with Crippen molar-refractivity contribution in [3.05, 3.63) is 101 Å². The van der Waals surface area contributed by atoms with Crippen molar-refractivity contribution < 1.29 is 8.78 Å². The average Bonchev–Trinajstić information content (AvgIpc) is 2.73. The molecular formula is C25H17F2N. The molecule has 0 atom stereocenters. The highest BCUT2D eigenvalue weighted by atomic mass is 19.2. The SMILES string of the molecule is CCc1ccc(-c2ccc(C#Cc3ccc4cc(F)c(F)cc4c3)cc2)nc1. The molecule has 28 heavy (non-hydrogen) atoms. The number of rotatable bonds is 2. The van der Waals surface area contributed by atoms with Crippen LogP contribution in [0.4, 0.5) is 8.78 Å².